The number of anilines is 1. The van der Waals surface area contributed by atoms with E-state index in [0.29, 0.717) is 25.7 Å². The molecule has 6 heteroatoms. The molecule has 0 aliphatic carbocycles. The number of methoxy groups -OCH3 is 1. The Morgan fingerprint density at radius 2 is 1.97 bits per heavy atom. The van der Waals surface area contributed by atoms with Crippen molar-refractivity contribution in [1.29, 1.82) is 0 Å². The van der Waals surface area contributed by atoms with E-state index in [-0.39, 0.29) is 17.4 Å². The summed E-state index contributed by atoms with van der Waals surface area (Å²) in [6, 6.07) is 21.8. The van der Waals surface area contributed by atoms with Crippen LogP contribution < -0.4 is 10.2 Å². The quantitative estimate of drug-likeness (QED) is 0.555. The van der Waals surface area contributed by atoms with Crippen LogP contribution in [0.25, 0.3) is 0 Å². The molecule has 1 amide bonds. The van der Waals surface area contributed by atoms with E-state index in [1.807, 2.05) is 23.2 Å². The van der Waals surface area contributed by atoms with Crippen LogP contribution in [0.5, 0.6) is 0 Å². The van der Waals surface area contributed by atoms with Gasteiger partial charge in [-0.05, 0) is 54.7 Å². The first-order valence-electron chi connectivity index (χ1n) is 12.8. The van der Waals surface area contributed by atoms with E-state index >= 15 is 0 Å². The standard InChI is InChI=1S/C30H36N4O2/c1-22-18-33(26(17-32-22)20-36-3)19-29(35)34-21-30(2,25-10-7-13-31-16-25)27-12-11-24(15-28(27)34)14-23-8-5-4-6-9-23/h4-13,15-16,22,26,32H,14,17-21H2,1-3H3/t22-,26-,30?/m1/s1. The first kappa shape index (κ1) is 24.6. The maximum absolute atomic E-state index is 13.9. The number of hydrogen-bond acceptors (Lipinski definition) is 5. The van der Waals surface area contributed by atoms with E-state index in [2.05, 4.69) is 77.6 Å². The Bertz CT molecular complexity index is 1190. The summed E-state index contributed by atoms with van der Waals surface area (Å²) in [6.07, 6.45) is 4.57. The van der Waals surface area contributed by atoms with Crippen LogP contribution in [-0.2, 0) is 21.4 Å². The van der Waals surface area contributed by atoms with E-state index in [4.69, 9.17) is 4.74 Å². The summed E-state index contributed by atoms with van der Waals surface area (Å²) in [4.78, 5) is 22.6. The number of fused-ring (bicyclic) bond motifs is 1. The van der Waals surface area contributed by atoms with Crippen LogP contribution in [0, 0.1) is 0 Å². The third-order valence-corrected chi connectivity index (χ3v) is 7.70. The molecule has 6 nitrogen and oxygen atoms in total. The second-order valence-corrected chi connectivity index (χ2v) is 10.4. The van der Waals surface area contributed by atoms with Crippen molar-refractivity contribution < 1.29 is 9.53 Å². The Kier molecular flexibility index (Phi) is 7.19. The van der Waals surface area contributed by atoms with Crippen LogP contribution in [0.3, 0.4) is 0 Å². The average molecular weight is 485 g/mol. The Balaban J connectivity index is 1.47. The highest BCUT2D eigenvalue weighted by molar-refractivity contribution is 5.98. The first-order chi connectivity index (χ1) is 17.5. The molecule has 2 aromatic carbocycles. The van der Waals surface area contributed by atoms with E-state index < -0.39 is 0 Å². The highest BCUT2D eigenvalue weighted by Gasteiger charge is 2.43. The van der Waals surface area contributed by atoms with Gasteiger partial charge in [-0.1, -0.05) is 48.5 Å². The molecular weight excluding hydrogens is 448 g/mol. The van der Waals surface area contributed by atoms with Gasteiger partial charge in [-0.2, -0.15) is 0 Å². The fourth-order valence-corrected chi connectivity index (χ4v) is 5.69. The number of amides is 1. The topological polar surface area (TPSA) is 57.7 Å². The molecule has 1 fully saturated rings. The Morgan fingerprint density at radius 1 is 1.14 bits per heavy atom. The summed E-state index contributed by atoms with van der Waals surface area (Å²) >= 11 is 0. The van der Waals surface area contributed by atoms with Crippen molar-refractivity contribution in [2.45, 2.75) is 37.8 Å². The number of carbonyl (C=O) groups is 1. The Morgan fingerprint density at radius 3 is 2.72 bits per heavy atom. The molecule has 188 valence electrons. The fourth-order valence-electron chi connectivity index (χ4n) is 5.69. The number of hydrogen-bond donors (Lipinski definition) is 1. The Hall–Kier alpha value is -3.06. The van der Waals surface area contributed by atoms with Gasteiger partial charge in [0.2, 0.25) is 5.91 Å². The van der Waals surface area contributed by atoms with Gasteiger partial charge in [0.15, 0.2) is 0 Å². The smallest absolute Gasteiger partial charge is 0.241 e. The van der Waals surface area contributed by atoms with Crippen molar-refractivity contribution in [3.05, 3.63) is 95.3 Å². The van der Waals surface area contributed by atoms with Crippen LogP contribution in [-0.4, -0.2) is 67.8 Å². The van der Waals surface area contributed by atoms with Crippen molar-refractivity contribution in [3.8, 4) is 0 Å². The number of benzene rings is 2. The molecule has 0 spiro atoms. The molecule has 36 heavy (non-hydrogen) atoms. The summed E-state index contributed by atoms with van der Waals surface area (Å²) < 4.78 is 5.46. The second kappa shape index (κ2) is 10.5. The van der Waals surface area contributed by atoms with Crippen molar-refractivity contribution in [2.75, 3.05) is 44.8 Å². The van der Waals surface area contributed by atoms with Gasteiger partial charge < -0.3 is 15.0 Å². The fraction of sp³-hybridized carbons (Fsp3) is 0.400. The van der Waals surface area contributed by atoms with Gasteiger partial charge in [-0.15, -0.1) is 0 Å². The molecule has 2 aliphatic heterocycles. The van der Waals surface area contributed by atoms with E-state index in [0.717, 1.165) is 30.8 Å². The second-order valence-electron chi connectivity index (χ2n) is 10.4. The number of piperazine rings is 1. The summed E-state index contributed by atoms with van der Waals surface area (Å²) in [5, 5.41) is 3.52. The zero-order valence-corrected chi connectivity index (χ0v) is 21.5. The number of carbonyl (C=O) groups excluding carboxylic acids is 1. The average Bonchev–Trinajstić information content (AvgIpc) is 3.20. The van der Waals surface area contributed by atoms with Crippen molar-refractivity contribution in [2.24, 2.45) is 0 Å². The minimum Gasteiger partial charge on any atom is -0.383 e. The zero-order valence-electron chi connectivity index (χ0n) is 21.5. The predicted molar refractivity (Wildman–Crippen MR) is 143 cm³/mol. The van der Waals surface area contributed by atoms with Crippen LogP contribution in [0.4, 0.5) is 5.69 Å². The maximum atomic E-state index is 13.9. The lowest BCUT2D eigenvalue weighted by Crippen LogP contribution is -2.59. The molecular formula is C30H36N4O2. The molecule has 0 saturated carbocycles. The number of rotatable bonds is 7. The maximum Gasteiger partial charge on any atom is 0.241 e. The van der Waals surface area contributed by atoms with Gasteiger partial charge in [-0.25, -0.2) is 0 Å². The highest BCUT2D eigenvalue weighted by atomic mass is 16.5. The molecule has 0 bridgehead atoms. The monoisotopic (exact) mass is 484 g/mol. The molecule has 2 aliphatic rings. The van der Waals surface area contributed by atoms with Gasteiger partial charge in [-0.3, -0.25) is 14.7 Å². The molecule has 3 aromatic rings. The third-order valence-electron chi connectivity index (χ3n) is 7.70. The molecule has 0 radical (unpaired) electrons. The van der Waals surface area contributed by atoms with Gasteiger partial charge in [0.05, 0.1) is 13.2 Å². The van der Waals surface area contributed by atoms with Gasteiger partial charge >= 0.3 is 0 Å². The number of ether oxygens (including phenoxy) is 1. The minimum absolute atomic E-state index is 0.135. The number of aromatic nitrogens is 1. The zero-order chi connectivity index (χ0) is 25.1. The molecule has 3 atom stereocenters. The van der Waals surface area contributed by atoms with Crippen molar-refractivity contribution in [1.82, 2.24) is 15.2 Å². The first-order valence-corrected chi connectivity index (χ1v) is 12.8. The normalized spacial score (nSPS) is 24.0. The van der Waals surface area contributed by atoms with Gasteiger partial charge in [0.1, 0.15) is 0 Å². The lowest BCUT2D eigenvalue weighted by atomic mass is 9.78. The van der Waals surface area contributed by atoms with Gasteiger partial charge in [0, 0.05) is 62.3 Å². The van der Waals surface area contributed by atoms with Crippen molar-refractivity contribution >= 4 is 11.6 Å². The molecule has 1 N–H and O–H groups in total. The molecule has 5 rings (SSSR count). The number of pyridine rings is 1. The van der Waals surface area contributed by atoms with E-state index in [1.165, 1.54) is 16.7 Å². The van der Waals surface area contributed by atoms with Crippen LogP contribution >= 0.6 is 0 Å². The molecule has 3 heterocycles. The lowest BCUT2D eigenvalue weighted by Gasteiger charge is -2.39. The number of nitrogens with zero attached hydrogens (tertiary/aromatic N) is 3. The summed E-state index contributed by atoms with van der Waals surface area (Å²) in [6.45, 7) is 7.65. The van der Waals surface area contributed by atoms with Crippen molar-refractivity contribution in [3.63, 3.8) is 0 Å². The van der Waals surface area contributed by atoms with Crippen LogP contribution in [0.15, 0.2) is 73.1 Å². The Labute approximate surface area is 214 Å². The summed E-state index contributed by atoms with van der Waals surface area (Å²) in [5.74, 6) is 0.135. The highest BCUT2D eigenvalue weighted by Crippen LogP contribution is 2.45. The third kappa shape index (κ3) is 4.94. The largest absolute Gasteiger partial charge is 0.383 e. The van der Waals surface area contributed by atoms with E-state index in [1.54, 1.807) is 13.3 Å². The minimum atomic E-state index is -0.312. The van der Waals surface area contributed by atoms with Crippen LogP contribution in [0.2, 0.25) is 0 Å². The SMILES string of the molecule is COC[C@H]1CN[C@H](C)CN1CC(=O)N1CC(C)(c2cccnc2)c2ccc(Cc3ccccc3)cc21. The lowest BCUT2D eigenvalue weighted by molar-refractivity contribution is -0.121. The van der Waals surface area contributed by atoms with E-state index in [9.17, 15) is 4.79 Å². The number of nitrogens with one attached hydrogen (secondary N) is 1. The molecule has 1 saturated heterocycles. The molecule has 1 aromatic heterocycles. The van der Waals surface area contributed by atoms with Crippen LogP contribution in [0.1, 0.15) is 36.1 Å². The summed E-state index contributed by atoms with van der Waals surface area (Å²) in [5.41, 5.74) is 5.49. The van der Waals surface area contributed by atoms with Gasteiger partial charge in [0.25, 0.3) is 0 Å². The molecule has 1 unspecified atom stereocenters. The predicted octanol–water partition coefficient (Wildman–Crippen LogP) is 3.63. The summed E-state index contributed by atoms with van der Waals surface area (Å²) in [7, 11) is 1.72.